The number of ether oxygens (including phenoxy) is 2. The van der Waals surface area contributed by atoms with E-state index in [-0.39, 0.29) is 30.1 Å². The molecule has 1 unspecified atom stereocenters. The molecule has 0 bridgehead atoms. The monoisotopic (exact) mass is 485 g/mol. The minimum Gasteiger partial charge on any atom is -0.496 e. The summed E-state index contributed by atoms with van der Waals surface area (Å²) in [6.07, 6.45) is 3.64. The van der Waals surface area contributed by atoms with Gasteiger partial charge in [0.05, 0.1) is 19.9 Å². The van der Waals surface area contributed by atoms with Crippen molar-refractivity contribution in [2.24, 2.45) is 4.99 Å². The van der Waals surface area contributed by atoms with Crippen molar-refractivity contribution in [2.75, 3.05) is 20.2 Å². The summed E-state index contributed by atoms with van der Waals surface area (Å²) in [4.78, 5) is 4.68. The van der Waals surface area contributed by atoms with Crippen LogP contribution in [0.1, 0.15) is 30.7 Å². The molecule has 148 valence electrons. The van der Waals surface area contributed by atoms with Gasteiger partial charge < -0.3 is 24.5 Å². The number of hydrogen-bond donors (Lipinski definition) is 2. The van der Waals surface area contributed by atoms with Crippen molar-refractivity contribution in [3.8, 4) is 11.5 Å². The molecule has 1 aromatic heterocycles. The van der Waals surface area contributed by atoms with Gasteiger partial charge in [-0.05, 0) is 38.1 Å². The standard InChI is InChI=1S/C20H27N3O3.HI/c1-4-21-20(22-8-7-17-6-5-9-25-17)23-13-16-12-19-15(10-14(2)26-19)11-18(16)24-3;/h5-6,9,11-12,14H,4,7-8,10,13H2,1-3H3,(H2,21,22,23);1H. The summed E-state index contributed by atoms with van der Waals surface area (Å²) in [5.74, 6) is 3.53. The molecule has 2 heterocycles. The SMILES string of the molecule is CCNC(=NCc1cc2c(cc1OC)CC(C)O2)NCCc1ccco1.I. The van der Waals surface area contributed by atoms with Crippen molar-refractivity contribution in [3.05, 3.63) is 47.4 Å². The van der Waals surface area contributed by atoms with Crippen molar-refractivity contribution >= 4 is 29.9 Å². The fourth-order valence-electron chi connectivity index (χ4n) is 3.06. The molecule has 0 saturated carbocycles. The molecular weight excluding hydrogens is 457 g/mol. The van der Waals surface area contributed by atoms with Crippen LogP contribution in [0.15, 0.2) is 39.9 Å². The molecule has 0 fully saturated rings. The highest BCUT2D eigenvalue weighted by atomic mass is 127. The molecule has 2 N–H and O–H groups in total. The Morgan fingerprint density at radius 1 is 1.33 bits per heavy atom. The number of rotatable bonds is 7. The maximum atomic E-state index is 5.86. The maximum absolute atomic E-state index is 5.86. The summed E-state index contributed by atoms with van der Waals surface area (Å²) in [5, 5.41) is 6.60. The van der Waals surface area contributed by atoms with E-state index >= 15 is 0 Å². The Kier molecular flexibility index (Phi) is 8.27. The van der Waals surface area contributed by atoms with Crippen LogP contribution in [0.3, 0.4) is 0 Å². The number of benzene rings is 1. The van der Waals surface area contributed by atoms with Crippen LogP contribution in [0.4, 0.5) is 0 Å². The zero-order valence-electron chi connectivity index (χ0n) is 16.1. The third-order valence-electron chi connectivity index (χ3n) is 4.29. The van der Waals surface area contributed by atoms with Crippen LogP contribution < -0.4 is 20.1 Å². The van der Waals surface area contributed by atoms with Crippen LogP contribution >= 0.6 is 24.0 Å². The Morgan fingerprint density at radius 3 is 2.89 bits per heavy atom. The van der Waals surface area contributed by atoms with Crippen LogP contribution in [0, 0.1) is 0 Å². The van der Waals surface area contributed by atoms with E-state index in [0.29, 0.717) is 6.54 Å². The molecule has 1 aliphatic rings. The molecule has 2 aromatic rings. The van der Waals surface area contributed by atoms with E-state index in [1.54, 1.807) is 13.4 Å². The molecule has 27 heavy (non-hydrogen) atoms. The average molecular weight is 485 g/mol. The van der Waals surface area contributed by atoms with Gasteiger partial charge in [-0.15, -0.1) is 24.0 Å². The second kappa shape index (κ2) is 10.4. The number of furan rings is 1. The van der Waals surface area contributed by atoms with Crippen LogP contribution in [0.5, 0.6) is 11.5 Å². The number of fused-ring (bicyclic) bond motifs is 1. The summed E-state index contributed by atoms with van der Waals surface area (Å²) >= 11 is 0. The van der Waals surface area contributed by atoms with Gasteiger partial charge >= 0.3 is 0 Å². The summed E-state index contributed by atoms with van der Waals surface area (Å²) in [5.41, 5.74) is 2.22. The second-order valence-electron chi connectivity index (χ2n) is 6.36. The normalized spacial score (nSPS) is 15.5. The van der Waals surface area contributed by atoms with E-state index in [0.717, 1.165) is 54.7 Å². The second-order valence-corrected chi connectivity index (χ2v) is 6.36. The Balaban J connectivity index is 0.00000261. The number of halogens is 1. The van der Waals surface area contributed by atoms with E-state index in [2.05, 4.69) is 35.5 Å². The predicted molar refractivity (Wildman–Crippen MR) is 117 cm³/mol. The number of guanidine groups is 1. The molecule has 0 saturated heterocycles. The van der Waals surface area contributed by atoms with Crippen LogP contribution in [0.2, 0.25) is 0 Å². The van der Waals surface area contributed by atoms with Gasteiger partial charge in [0.15, 0.2) is 5.96 Å². The van der Waals surface area contributed by atoms with Crippen molar-refractivity contribution in [3.63, 3.8) is 0 Å². The number of hydrogen-bond acceptors (Lipinski definition) is 4. The smallest absolute Gasteiger partial charge is 0.191 e. The minimum absolute atomic E-state index is 0. The lowest BCUT2D eigenvalue weighted by Crippen LogP contribution is -2.38. The first kappa shape index (κ1) is 21.4. The van der Waals surface area contributed by atoms with Gasteiger partial charge in [-0.25, -0.2) is 4.99 Å². The molecule has 1 aliphatic heterocycles. The number of nitrogens with one attached hydrogen (secondary N) is 2. The maximum Gasteiger partial charge on any atom is 0.191 e. The van der Waals surface area contributed by atoms with Gasteiger partial charge in [-0.2, -0.15) is 0 Å². The van der Waals surface area contributed by atoms with E-state index in [4.69, 9.17) is 13.9 Å². The molecule has 0 amide bonds. The lowest BCUT2D eigenvalue weighted by atomic mass is 10.1. The Morgan fingerprint density at radius 2 is 2.19 bits per heavy atom. The highest BCUT2D eigenvalue weighted by Gasteiger charge is 2.21. The first-order valence-electron chi connectivity index (χ1n) is 9.10. The van der Waals surface area contributed by atoms with Crippen LogP contribution in [0.25, 0.3) is 0 Å². The molecule has 1 atom stereocenters. The number of aliphatic imine (C=N–C) groups is 1. The highest BCUT2D eigenvalue weighted by Crippen LogP contribution is 2.35. The van der Waals surface area contributed by atoms with E-state index in [1.807, 2.05) is 18.2 Å². The zero-order valence-corrected chi connectivity index (χ0v) is 18.4. The molecule has 3 rings (SSSR count). The largest absolute Gasteiger partial charge is 0.496 e. The van der Waals surface area contributed by atoms with E-state index in [9.17, 15) is 0 Å². The van der Waals surface area contributed by atoms with Gasteiger partial charge in [0.1, 0.15) is 23.4 Å². The lowest BCUT2D eigenvalue weighted by molar-refractivity contribution is 0.254. The van der Waals surface area contributed by atoms with Crippen LogP contribution in [-0.2, 0) is 19.4 Å². The van der Waals surface area contributed by atoms with E-state index < -0.39 is 0 Å². The van der Waals surface area contributed by atoms with Gasteiger partial charge in [-0.1, -0.05) is 0 Å². The summed E-state index contributed by atoms with van der Waals surface area (Å²) < 4.78 is 16.8. The zero-order chi connectivity index (χ0) is 18.4. The van der Waals surface area contributed by atoms with Gasteiger partial charge in [0.25, 0.3) is 0 Å². The van der Waals surface area contributed by atoms with Crippen LogP contribution in [-0.4, -0.2) is 32.3 Å². The third kappa shape index (κ3) is 5.79. The first-order chi connectivity index (χ1) is 12.7. The average Bonchev–Trinajstić information content (AvgIpc) is 3.26. The molecule has 1 aromatic carbocycles. The summed E-state index contributed by atoms with van der Waals surface area (Å²) in [7, 11) is 1.70. The summed E-state index contributed by atoms with van der Waals surface area (Å²) in [6, 6.07) is 7.99. The minimum atomic E-state index is 0. The third-order valence-corrected chi connectivity index (χ3v) is 4.29. The van der Waals surface area contributed by atoms with Crippen molar-refractivity contribution in [1.29, 1.82) is 0 Å². The molecule has 0 spiro atoms. The number of methoxy groups -OCH3 is 1. The number of nitrogens with zero attached hydrogens (tertiary/aromatic N) is 1. The van der Waals surface area contributed by atoms with Crippen molar-refractivity contribution in [2.45, 2.75) is 39.3 Å². The molecule has 0 radical (unpaired) electrons. The fourth-order valence-corrected chi connectivity index (χ4v) is 3.06. The van der Waals surface area contributed by atoms with E-state index in [1.165, 1.54) is 5.56 Å². The first-order valence-corrected chi connectivity index (χ1v) is 9.10. The van der Waals surface area contributed by atoms with Crippen molar-refractivity contribution < 1.29 is 13.9 Å². The topological polar surface area (TPSA) is 68.0 Å². The quantitative estimate of drug-likeness (QED) is 0.357. The van der Waals surface area contributed by atoms with Gasteiger partial charge in [0, 0.05) is 37.1 Å². The Labute approximate surface area is 177 Å². The predicted octanol–water partition coefficient (Wildman–Crippen LogP) is 3.53. The Bertz CT molecular complexity index is 747. The highest BCUT2D eigenvalue weighted by molar-refractivity contribution is 14.0. The van der Waals surface area contributed by atoms with Gasteiger partial charge in [-0.3, -0.25) is 0 Å². The molecule has 7 heteroatoms. The lowest BCUT2D eigenvalue weighted by Gasteiger charge is -2.13. The molecule has 0 aliphatic carbocycles. The molecule has 6 nitrogen and oxygen atoms in total. The van der Waals surface area contributed by atoms with Gasteiger partial charge in [0.2, 0.25) is 0 Å². The fraction of sp³-hybridized carbons (Fsp3) is 0.450. The summed E-state index contributed by atoms with van der Waals surface area (Å²) in [6.45, 7) is 6.20. The molecular formula is C20H28IN3O3. The Hall–Kier alpha value is -1.90. The van der Waals surface area contributed by atoms with Crippen molar-refractivity contribution in [1.82, 2.24) is 10.6 Å².